The summed E-state index contributed by atoms with van der Waals surface area (Å²) in [4.78, 5) is 36.4. The lowest BCUT2D eigenvalue weighted by Gasteiger charge is -2.59. The van der Waals surface area contributed by atoms with Gasteiger partial charge in [-0.2, -0.15) is 0 Å². The second kappa shape index (κ2) is 7.40. The van der Waals surface area contributed by atoms with Gasteiger partial charge < -0.3 is 5.32 Å². The van der Waals surface area contributed by atoms with E-state index in [4.69, 9.17) is 0 Å². The molecule has 0 aromatic heterocycles. The lowest BCUT2D eigenvalue weighted by Crippen LogP contribution is -2.63. The van der Waals surface area contributed by atoms with Crippen molar-refractivity contribution in [3.05, 3.63) is 39.9 Å². The Morgan fingerprint density at radius 2 is 1.59 bits per heavy atom. The molecular formula is C21H28N4O4. The van der Waals surface area contributed by atoms with Crippen LogP contribution in [0.15, 0.2) is 24.3 Å². The Hall–Kier alpha value is -2.48. The van der Waals surface area contributed by atoms with Crippen molar-refractivity contribution < 1.29 is 14.5 Å². The van der Waals surface area contributed by atoms with Gasteiger partial charge >= 0.3 is 0 Å². The summed E-state index contributed by atoms with van der Waals surface area (Å²) >= 11 is 0. The number of benzene rings is 1. The number of rotatable bonds is 6. The van der Waals surface area contributed by atoms with Crippen molar-refractivity contribution >= 4 is 17.5 Å². The van der Waals surface area contributed by atoms with Gasteiger partial charge in [0.15, 0.2) is 0 Å². The molecule has 0 heterocycles. The maximum absolute atomic E-state index is 13.1. The van der Waals surface area contributed by atoms with Gasteiger partial charge in [0.1, 0.15) is 6.04 Å². The second-order valence-electron chi connectivity index (χ2n) is 9.36. The number of hydrogen-bond donors (Lipinski definition) is 2. The number of hydrogen-bond acceptors (Lipinski definition) is 5. The fraction of sp³-hybridized carbons (Fsp3) is 0.619. The van der Waals surface area contributed by atoms with Crippen molar-refractivity contribution in [3.63, 3.8) is 0 Å². The van der Waals surface area contributed by atoms with E-state index >= 15 is 0 Å². The summed E-state index contributed by atoms with van der Waals surface area (Å²) in [5, 5.41) is 15.5. The van der Waals surface area contributed by atoms with Gasteiger partial charge in [0.2, 0.25) is 0 Å². The average molecular weight is 400 g/mol. The smallest absolute Gasteiger partial charge is 0.269 e. The topological polar surface area (TPSA) is 105 Å². The predicted octanol–water partition coefficient (Wildman–Crippen LogP) is 2.50. The van der Waals surface area contributed by atoms with Crippen LogP contribution in [0.25, 0.3) is 0 Å². The second-order valence-corrected chi connectivity index (χ2v) is 9.36. The zero-order chi connectivity index (χ0) is 20.8. The Kier molecular flexibility index (Phi) is 5.06. The minimum atomic E-state index is -0.610. The first kappa shape index (κ1) is 19.8. The molecule has 4 aliphatic rings. The molecule has 0 saturated heterocycles. The summed E-state index contributed by atoms with van der Waals surface area (Å²) in [6.07, 6.45) is 6.67. The number of carbonyl (C=O) groups excluding carboxylic acids is 2. The first-order valence-corrected chi connectivity index (χ1v) is 10.3. The van der Waals surface area contributed by atoms with Crippen molar-refractivity contribution in [1.82, 2.24) is 15.8 Å². The number of nitrogens with zero attached hydrogens (tertiary/aromatic N) is 2. The summed E-state index contributed by atoms with van der Waals surface area (Å²) in [5.41, 5.74) is 2.89. The number of carbonyl (C=O) groups is 2. The molecular weight excluding hydrogens is 372 g/mol. The molecule has 2 amide bonds. The summed E-state index contributed by atoms with van der Waals surface area (Å²) in [6.45, 7) is 0. The van der Waals surface area contributed by atoms with E-state index in [0.717, 1.165) is 19.3 Å². The van der Waals surface area contributed by atoms with E-state index in [1.54, 1.807) is 19.1 Å². The Balaban J connectivity index is 1.58. The highest BCUT2D eigenvalue weighted by molar-refractivity contribution is 5.98. The number of nitro groups is 1. The minimum absolute atomic E-state index is 0.0652. The maximum atomic E-state index is 13.1. The van der Waals surface area contributed by atoms with E-state index < -0.39 is 11.0 Å². The van der Waals surface area contributed by atoms with Gasteiger partial charge in [-0.3, -0.25) is 25.1 Å². The number of nitrogens with one attached hydrogen (secondary N) is 2. The van der Waals surface area contributed by atoms with Gasteiger partial charge in [-0.05, 0) is 68.4 Å². The molecule has 8 nitrogen and oxygen atoms in total. The highest BCUT2D eigenvalue weighted by Crippen LogP contribution is 2.61. The van der Waals surface area contributed by atoms with E-state index in [1.165, 1.54) is 43.5 Å². The Bertz CT molecular complexity index is 785. The van der Waals surface area contributed by atoms with Crippen molar-refractivity contribution in [2.45, 2.75) is 44.6 Å². The van der Waals surface area contributed by atoms with Gasteiger partial charge in [-0.25, -0.2) is 5.01 Å². The Morgan fingerprint density at radius 1 is 1.07 bits per heavy atom. The molecule has 1 aromatic rings. The zero-order valence-electron chi connectivity index (χ0n) is 16.9. The molecule has 4 bridgehead atoms. The van der Waals surface area contributed by atoms with Crippen LogP contribution >= 0.6 is 0 Å². The van der Waals surface area contributed by atoms with E-state index in [2.05, 4.69) is 10.7 Å². The van der Waals surface area contributed by atoms with E-state index in [0.29, 0.717) is 23.3 Å². The lowest BCUT2D eigenvalue weighted by molar-refractivity contribution is -0.384. The number of nitro benzene ring substituents is 1. The number of hydrazine groups is 1. The molecule has 0 radical (unpaired) electrons. The molecule has 2 N–H and O–H groups in total. The summed E-state index contributed by atoms with van der Waals surface area (Å²) < 4.78 is 0. The van der Waals surface area contributed by atoms with Gasteiger partial charge in [0.25, 0.3) is 17.5 Å². The predicted molar refractivity (Wildman–Crippen MR) is 107 cm³/mol. The van der Waals surface area contributed by atoms with Crippen LogP contribution in [0.1, 0.15) is 48.9 Å². The average Bonchev–Trinajstić information content (AvgIpc) is 2.64. The minimum Gasteiger partial charge on any atom is -0.340 e. The van der Waals surface area contributed by atoms with Gasteiger partial charge in [-0.15, -0.1) is 0 Å². The SMILES string of the molecule is CN(C)NC(=O)[C@H](NC(=O)c1ccc([N+](=O)[O-])cc1)C12CC3CC(CC(C3)C1)C2. The molecule has 4 fully saturated rings. The van der Waals surface area contributed by atoms with E-state index in [1.807, 2.05) is 0 Å². The molecule has 1 atom stereocenters. The highest BCUT2D eigenvalue weighted by Gasteiger charge is 2.56. The third kappa shape index (κ3) is 3.85. The van der Waals surface area contributed by atoms with Crippen molar-refractivity contribution in [2.75, 3.05) is 14.1 Å². The molecule has 5 rings (SSSR count). The molecule has 0 spiro atoms. The van der Waals surface area contributed by atoms with Gasteiger partial charge in [0, 0.05) is 37.2 Å². The van der Waals surface area contributed by atoms with Crippen LogP contribution in [0.5, 0.6) is 0 Å². The van der Waals surface area contributed by atoms with Crippen LogP contribution in [0.3, 0.4) is 0 Å². The Morgan fingerprint density at radius 3 is 2.03 bits per heavy atom. The number of non-ortho nitro benzene ring substituents is 1. The van der Waals surface area contributed by atoms with E-state index in [-0.39, 0.29) is 22.9 Å². The van der Waals surface area contributed by atoms with Crippen LogP contribution in [0.2, 0.25) is 0 Å². The van der Waals surface area contributed by atoms with Crippen LogP contribution in [-0.2, 0) is 4.79 Å². The molecule has 4 saturated carbocycles. The van der Waals surface area contributed by atoms with Gasteiger partial charge in [0.05, 0.1) is 4.92 Å². The normalized spacial score (nSPS) is 30.8. The summed E-state index contributed by atoms with van der Waals surface area (Å²) in [6, 6.07) is 4.89. The van der Waals surface area contributed by atoms with Gasteiger partial charge in [-0.1, -0.05) is 0 Å². The Labute approximate surface area is 170 Å². The molecule has 4 aliphatic carbocycles. The standard InChI is InChI=1S/C21H28N4O4/c1-24(2)23-20(27)18(21-10-13-7-14(11-21)9-15(8-13)12-21)22-19(26)16-3-5-17(6-4-16)25(28)29/h3-6,13-15,18H,7-12H2,1-2H3,(H,22,26)(H,23,27)/t13?,14?,15?,18-,21?/m0/s1. The quantitative estimate of drug-likeness (QED) is 0.564. The molecule has 156 valence electrons. The molecule has 8 heteroatoms. The molecule has 0 unspecified atom stereocenters. The van der Waals surface area contributed by atoms with Crippen LogP contribution in [0, 0.1) is 33.3 Å². The van der Waals surface area contributed by atoms with Crippen molar-refractivity contribution in [3.8, 4) is 0 Å². The monoisotopic (exact) mass is 400 g/mol. The summed E-state index contributed by atoms with van der Waals surface area (Å²) in [7, 11) is 3.51. The van der Waals surface area contributed by atoms with Crippen LogP contribution in [0.4, 0.5) is 5.69 Å². The highest BCUT2D eigenvalue weighted by atomic mass is 16.6. The lowest BCUT2D eigenvalue weighted by atomic mass is 9.47. The fourth-order valence-electron chi connectivity index (χ4n) is 6.26. The fourth-order valence-corrected chi connectivity index (χ4v) is 6.26. The molecule has 0 aliphatic heterocycles. The van der Waals surface area contributed by atoms with Crippen molar-refractivity contribution in [2.24, 2.45) is 23.2 Å². The molecule has 29 heavy (non-hydrogen) atoms. The first-order chi connectivity index (χ1) is 13.8. The first-order valence-electron chi connectivity index (χ1n) is 10.3. The summed E-state index contributed by atoms with van der Waals surface area (Å²) in [5.74, 6) is 1.38. The third-order valence-corrected chi connectivity index (χ3v) is 6.91. The number of amides is 2. The largest absolute Gasteiger partial charge is 0.340 e. The van der Waals surface area contributed by atoms with Crippen LogP contribution < -0.4 is 10.7 Å². The van der Waals surface area contributed by atoms with Crippen LogP contribution in [-0.4, -0.2) is 41.9 Å². The molecule has 1 aromatic carbocycles. The van der Waals surface area contributed by atoms with E-state index in [9.17, 15) is 19.7 Å². The third-order valence-electron chi connectivity index (χ3n) is 6.91. The maximum Gasteiger partial charge on any atom is 0.269 e. The zero-order valence-corrected chi connectivity index (χ0v) is 16.9. The van der Waals surface area contributed by atoms with Crippen molar-refractivity contribution in [1.29, 1.82) is 0 Å².